The number of carbonyl (C=O) groups excluding carboxylic acids is 1. The summed E-state index contributed by atoms with van der Waals surface area (Å²) in [5.74, 6) is -0.213. The van der Waals surface area contributed by atoms with E-state index in [1.165, 1.54) is 30.7 Å². The number of fused-ring (bicyclic) bond motifs is 2. The Balaban J connectivity index is 0.000000209. The molecular formula is C49H44Cl2N12O3. The number of aromatic nitrogens is 6. The zero-order valence-electron chi connectivity index (χ0n) is 35.1. The Labute approximate surface area is 391 Å². The van der Waals surface area contributed by atoms with Crippen molar-refractivity contribution in [3.05, 3.63) is 187 Å². The molecule has 0 bridgehead atoms. The highest BCUT2D eigenvalue weighted by Gasteiger charge is 2.13. The smallest absolute Gasteiger partial charge is 0.335 e. The van der Waals surface area contributed by atoms with E-state index in [2.05, 4.69) is 47.4 Å². The summed E-state index contributed by atoms with van der Waals surface area (Å²) in [5.41, 5.74) is 26.0. The third-order valence-electron chi connectivity index (χ3n) is 9.87. The van der Waals surface area contributed by atoms with Gasteiger partial charge in [-0.25, -0.2) is 14.8 Å². The van der Waals surface area contributed by atoms with Gasteiger partial charge in [-0.2, -0.15) is 10.5 Å². The first-order chi connectivity index (χ1) is 31.2. The number of pyridine rings is 6. The molecular weight excluding hydrogens is 876 g/mol. The monoisotopic (exact) mass is 918 g/mol. The summed E-state index contributed by atoms with van der Waals surface area (Å²) in [4.78, 5) is 49.0. The number of nitrogen functional groups attached to an aromatic ring is 2. The maximum atomic E-state index is 12.7. The first-order valence-corrected chi connectivity index (χ1v) is 20.5. The molecule has 0 saturated carbocycles. The van der Waals surface area contributed by atoms with Crippen molar-refractivity contribution in [1.29, 1.82) is 10.5 Å². The number of benzene rings is 2. The number of aromatic carboxylic acids is 1. The van der Waals surface area contributed by atoms with Crippen molar-refractivity contribution in [2.45, 2.75) is 47.2 Å². The average molecular weight is 920 g/mol. The van der Waals surface area contributed by atoms with E-state index >= 15 is 0 Å². The normalized spacial score (nSPS) is 10.3. The van der Waals surface area contributed by atoms with Crippen LogP contribution in [0.15, 0.2) is 110 Å². The summed E-state index contributed by atoms with van der Waals surface area (Å²) in [6, 6.07) is 28.8. The van der Waals surface area contributed by atoms with Crippen LogP contribution in [0.25, 0.3) is 21.8 Å². The van der Waals surface area contributed by atoms with Crippen LogP contribution in [0.4, 0.5) is 11.6 Å². The number of nitrogens with zero attached hydrogens (tertiary/aromatic N) is 8. The first kappa shape index (κ1) is 48.9. The highest BCUT2D eigenvalue weighted by molar-refractivity contribution is 6.31. The van der Waals surface area contributed by atoms with E-state index in [-0.39, 0.29) is 18.9 Å². The molecule has 66 heavy (non-hydrogen) atoms. The molecule has 6 heterocycles. The van der Waals surface area contributed by atoms with Gasteiger partial charge in [-0.1, -0.05) is 42.8 Å². The molecule has 0 fully saturated rings. The van der Waals surface area contributed by atoms with Gasteiger partial charge < -0.3 is 27.6 Å². The van der Waals surface area contributed by atoms with Crippen LogP contribution in [0.1, 0.15) is 84.3 Å². The van der Waals surface area contributed by atoms with Crippen molar-refractivity contribution in [2.75, 3.05) is 11.5 Å². The Morgan fingerprint density at radius 2 is 1.14 bits per heavy atom. The standard InChI is InChI=1S/C24H19ClN6O.C17H10ClN3O2.C7H11N3.CH4/c1-14-17(2-3-22(27)31-14)12-30-24(32)16-4-5-28-21(10-16)8-15-6-18-9-20(25)13-29-23(18)19(7-15)11-26;18-14-6-12-3-10(4-13(8-19)16(12)21-9-14)5-15-7-11(17(22)23)1-2-20-15;1-5-6(4-8)2-3-7(9)10-5;/h2-7,9-10,13H,8,12H2,1H3,(H2,27,31)(H,30,32);1-4,6-7,9H,5H2,(H,22,23);2-3H,4,8H2,1H3,(H2,9,10);1H4. The predicted molar refractivity (Wildman–Crippen MR) is 257 cm³/mol. The number of nitriles is 2. The molecule has 0 spiro atoms. The third kappa shape index (κ3) is 12.8. The Kier molecular flexibility index (Phi) is 16.7. The van der Waals surface area contributed by atoms with Crippen LogP contribution in [0.3, 0.4) is 0 Å². The zero-order chi connectivity index (χ0) is 46.6. The van der Waals surface area contributed by atoms with E-state index in [0.29, 0.717) is 86.7 Å². The van der Waals surface area contributed by atoms with E-state index in [1.807, 2.05) is 38.1 Å². The van der Waals surface area contributed by atoms with E-state index in [1.54, 1.807) is 54.7 Å². The number of hydrogen-bond acceptors (Lipinski definition) is 13. The minimum absolute atomic E-state index is 0. The largest absolute Gasteiger partial charge is 0.478 e. The van der Waals surface area contributed by atoms with Crippen molar-refractivity contribution >= 4 is 68.5 Å². The molecule has 332 valence electrons. The number of rotatable bonds is 9. The summed E-state index contributed by atoms with van der Waals surface area (Å²) < 4.78 is 0. The van der Waals surface area contributed by atoms with Gasteiger partial charge in [0.2, 0.25) is 0 Å². The number of carbonyl (C=O) groups is 2. The molecule has 0 radical (unpaired) electrons. The summed E-state index contributed by atoms with van der Waals surface area (Å²) in [6.45, 7) is 4.63. The predicted octanol–water partition coefficient (Wildman–Crippen LogP) is 8.47. The molecule has 0 aliphatic rings. The second kappa shape index (κ2) is 22.5. The molecule has 1 amide bonds. The number of halogens is 2. The maximum absolute atomic E-state index is 12.7. The lowest BCUT2D eigenvalue weighted by Gasteiger charge is -2.09. The minimum Gasteiger partial charge on any atom is -0.478 e. The number of nitrogens with one attached hydrogen (secondary N) is 1. The Hall–Kier alpha value is -8.08. The molecule has 0 atom stereocenters. The molecule has 8 N–H and O–H groups in total. The minimum atomic E-state index is -0.999. The number of nitrogens with two attached hydrogens (primary N) is 3. The van der Waals surface area contributed by atoms with Gasteiger partial charge in [0.15, 0.2) is 0 Å². The molecule has 8 aromatic rings. The number of amides is 1. The highest BCUT2D eigenvalue weighted by atomic mass is 35.5. The molecule has 8 rings (SSSR count). The number of hydrogen-bond donors (Lipinski definition) is 5. The second-order valence-corrected chi connectivity index (χ2v) is 15.4. The second-order valence-electron chi connectivity index (χ2n) is 14.5. The zero-order valence-corrected chi connectivity index (χ0v) is 36.6. The van der Waals surface area contributed by atoms with Crippen molar-refractivity contribution in [3.63, 3.8) is 0 Å². The molecule has 0 aliphatic heterocycles. The SMILES string of the molecule is C.Cc1nc(N)ccc1CN.Cc1nc(N)ccc1CNC(=O)c1ccnc(Cc2cc(C#N)c3ncc(Cl)cc3c2)c1.N#Cc1cc(Cc2cc(C(=O)O)ccn2)cc2cc(Cl)cnc12. The van der Waals surface area contributed by atoms with Crippen molar-refractivity contribution in [2.24, 2.45) is 5.73 Å². The van der Waals surface area contributed by atoms with Crippen molar-refractivity contribution in [1.82, 2.24) is 35.2 Å². The van der Waals surface area contributed by atoms with Crippen LogP contribution < -0.4 is 22.5 Å². The fraction of sp³-hybridized carbons (Fsp3) is 0.143. The summed E-state index contributed by atoms with van der Waals surface area (Å²) >= 11 is 12.0. The van der Waals surface area contributed by atoms with Gasteiger partial charge in [0.05, 0.1) is 37.8 Å². The van der Waals surface area contributed by atoms with Crippen molar-refractivity contribution < 1.29 is 14.7 Å². The summed E-state index contributed by atoms with van der Waals surface area (Å²) in [7, 11) is 0. The highest BCUT2D eigenvalue weighted by Crippen LogP contribution is 2.25. The van der Waals surface area contributed by atoms with Gasteiger partial charge >= 0.3 is 5.97 Å². The van der Waals surface area contributed by atoms with Gasteiger partial charge in [-0.05, 0) is 109 Å². The van der Waals surface area contributed by atoms with Gasteiger partial charge in [-0.15, -0.1) is 0 Å². The lowest BCUT2D eigenvalue weighted by Crippen LogP contribution is -2.23. The number of carboxylic acids is 1. The van der Waals surface area contributed by atoms with E-state index in [9.17, 15) is 20.1 Å². The van der Waals surface area contributed by atoms with Crippen LogP contribution in [-0.2, 0) is 25.9 Å². The van der Waals surface area contributed by atoms with Gasteiger partial charge in [0, 0.05) is 89.8 Å². The fourth-order valence-electron chi connectivity index (χ4n) is 6.69. The topological polar surface area (TPSA) is 269 Å². The van der Waals surface area contributed by atoms with Gasteiger partial charge in [0.1, 0.15) is 23.8 Å². The molecule has 0 aliphatic carbocycles. The lowest BCUT2D eigenvalue weighted by molar-refractivity contribution is 0.0696. The van der Waals surface area contributed by atoms with Crippen molar-refractivity contribution in [3.8, 4) is 12.1 Å². The summed E-state index contributed by atoms with van der Waals surface area (Å²) in [5, 5.41) is 33.3. The summed E-state index contributed by atoms with van der Waals surface area (Å²) in [6.07, 6.45) is 6.96. The first-order valence-electron chi connectivity index (χ1n) is 19.8. The van der Waals surface area contributed by atoms with Crippen LogP contribution >= 0.6 is 23.2 Å². The number of aryl methyl sites for hydroxylation is 2. The molecule has 0 saturated heterocycles. The number of anilines is 2. The third-order valence-corrected chi connectivity index (χ3v) is 10.3. The Morgan fingerprint density at radius 3 is 1.59 bits per heavy atom. The van der Waals surface area contributed by atoms with Gasteiger partial charge in [0.25, 0.3) is 5.91 Å². The fourth-order valence-corrected chi connectivity index (χ4v) is 7.02. The van der Waals surface area contributed by atoms with Crippen LogP contribution in [0.5, 0.6) is 0 Å². The maximum Gasteiger partial charge on any atom is 0.335 e. The average Bonchev–Trinajstić information content (AvgIpc) is 3.28. The quantitative estimate of drug-likeness (QED) is 0.0909. The van der Waals surface area contributed by atoms with E-state index in [4.69, 9.17) is 45.5 Å². The lowest BCUT2D eigenvalue weighted by atomic mass is 10.0. The molecule has 6 aromatic heterocycles. The van der Waals surface area contributed by atoms with E-state index in [0.717, 1.165) is 44.4 Å². The molecule has 17 heteroatoms. The van der Waals surface area contributed by atoms with E-state index < -0.39 is 5.97 Å². The van der Waals surface area contributed by atoms with Crippen LogP contribution in [0.2, 0.25) is 10.0 Å². The molecule has 2 aromatic carbocycles. The Morgan fingerprint density at radius 1 is 0.667 bits per heavy atom. The Bertz CT molecular complexity index is 3170. The van der Waals surface area contributed by atoms with Crippen LogP contribution in [0, 0.1) is 36.5 Å². The van der Waals surface area contributed by atoms with Crippen LogP contribution in [-0.4, -0.2) is 46.9 Å². The molecule has 0 unspecified atom stereocenters. The van der Waals surface area contributed by atoms with Gasteiger partial charge in [-0.3, -0.25) is 24.7 Å². The molecule has 15 nitrogen and oxygen atoms in total. The number of carboxylic acid groups (broad SMARTS) is 1.